The molecule has 8 nitrogen and oxygen atoms in total. The Bertz CT molecular complexity index is 933. The topological polar surface area (TPSA) is 87.7 Å². The summed E-state index contributed by atoms with van der Waals surface area (Å²) in [5.41, 5.74) is 0.907. The van der Waals surface area contributed by atoms with Crippen molar-refractivity contribution in [1.82, 2.24) is 20.2 Å². The fraction of sp³-hybridized carbons (Fsp3) is 0.520. The molecule has 2 aromatic rings. The van der Waals surface area contributed by atoms with Crippen molar-refractivity contribution < 1.29 is 14.3 Å². The molecular weight excluding hydrogens is 418 g/mol. The third-order valence-electron chi connectivity index (χ3n) is 6.49. The Morgan fingerprint density at radius 3 is 2.73 bits per heavy atom. The third kappa shape index (κ3) is 5.80. The van der Waals surface area contributed by atoms with E-state index in [9.17, 15) is 9.59 Å². The second-order valence-electron chi connectivity index (χ2n) is 8.73. The van der Waals surface area contributed by atoms with Crippen molar-refractivity contribution in [2.45, 2.75) is 45.1 Å². The van der Waals surface area contributed by atoms with Crippen molar-refractivity contribution in [1.29, 1.82) is 0 Å². The zero-order valence-electron chi connectivity index (χ0n) is 19.3. The molecule has 2 atom stereocenters. The number of piperidine rings is 1. The zero-order chi connectivity index (χ0) is 23.0. The first-order valence-corrected chi connectivity index (χ1v) is 12.0. The maximum Gasteiger partial charge on any atom is 0.260 e. The Balaban J connectivity index is 1.39. The predicted molar refractivity (Wildman–Crippen MR) is 126 cm³/mol. The molecule has 0 radical (unpaired) electrons. The second kappa shape index (κ2) is 11.1. The van der Waals surface area contributed by atoms with Gasteiger partial charge in [0.2, 0.25) is 5.91 Å². The number of para-hydroxylation sites is 1. The van der Waals surface area contributed by atoms with E-state index in [1.807, 2.05) is 36.1 Å². The summed E-state index contributed by atoms with van der Waals surface area (Å²) in [5.74, 6) is 1.41. The molecule has 0 bridgehead atoms. The molecule has 176 valence electrons. The molecule has 0 saturated carbocycles. The highest BCUT2D eigenvalue weighted by atomic mass is 16.5. The number of carbonyl (C=O) groups excluding carboxylic acids is 2. The molecule has 33 heavy (non-hydrogen) atoms. The molecule has 2 unspecified atom stereocenters. The van der Waals surface area contributed by atoms with Crippen LogP contribution >= 0.6 is 0 Å². The fourth-order valence-electron chi connectivity index (χ4n) is 4.64. The smallest absolute Gasteiger partial charge is 0.260 e. The van der Waals surface area contributed by atoms with Crippen LogP contribution < -0.4 is 15.0 Å². The van der Waals surface area contributed by atoms with Crippen LogP contribution in [0.4, 0.5) is 5.82 Å². The minimum Gasteiger partial charge on any atom is -0.483 e. The lowest BCUT2D eigenvalue weighted by Gasteiger charge is -2.33. The molecule has 4 rings (SSSR count). The highest BCUT2D eigenvalue weighted by Crippen LogP contribution is 2.29. The summed E-state index contributed by atoms with van der Waals surface area (Å²) >= 11 is 0. The van der Waals surface area contributed by atoms with Crippen LogP contribution in [-0.4, -0.2) is 59.5 Å². The Kier molecular flexibility index (Phi) is 7.75. The van der Waals surface area contributed by atoms with Gasteiger partial charge in [0.1, 0.15) is 11.6 Å². The summed E-state index contributed by atoms with van der Waals surface area (Å²) in [6.45, 7) is 5.20. The van der Waals surface area contributed by atoms with Crippen LogP contribution in [0.2, 0.25) is 0 Å². The molecular formula is C25H33N5O3. The van der Waals surface area contributed by atoms with Gasteiger partial charge in [-0.25, -0.2) is 4.98 Å². The van der Waals surface area contributed by atoms with E-state index in [2.05, 4.69) is 20.2 Å². The van der Waals surface area contributed by atoms with Gasteiger partial charge in [-0.3, -0.25) is 14.6 Å². The van der Waals surface area contributed by atoms with Crippen LogP contribution in [0.5, 0.6) is 5.75 Å². The second-order valence-corrected chi connectivity index (χ2v) is 8.73. The molecule has 0 aliphatic carbocycles. The van der Waals surface area contributed by atoms with Crippen molar-refractivity contribution >= 4 is 17.6 Å². The molecule has 2 amide bonds. The number of nitrogens with zero attached hydrogens (tertiary/aromatic N) is 4. The van der Waals surface area contributed by atoms with E-state index in [-0.39, 0.29) is 30.4 Å². The van der Waals surface area contributed by atoms with Crippen molar-refractivity contribution in [3.05, 3.63) is 48.4 Å². The van der Waals surface area contributed by atoms with Gasteiger partial charge in [-0.1, -0.05) is 25.1 Å². The molecule has 2 saturated heterocycles. The number of nitrogens with one attached hydrogen (secondary N) is 1. The maximum atomic E-state index is 13.2. The van der Waals surface area contributed by atoms with E-state index in [0.717, 1.165) is 63.1 Å². The highest BCUT2D eigenvalue weighted by molar-refractivity contribution is 5.80. The van der Waals surface area contributed by atoms with Crippen molar-refractivity contribution in [3.63, 3.8) is 0 Å². The largest absolute Gasteiger partial charge is 0.483 e. The first kappa shape index (κ1) is 23.0. The Hall–Kier alpha value is -3.16. The highest BCUT2D eigenvalue weighted by Gasteiger charge is 2.29. The summed E-state index contributed by atoms with van der Waals surface area (Å²) in [7, 11) is 0. The quantitative estimate of drug-likeness (QED) is 0.664. The lowest BCUT2D eigenvalue weighted by molar-refractivity contribution is -0.132. The Morgan fingerprint density at radius 2 is 1.97 bits per heavy atom. The predicted octanol–water partition coefficient (Wildman–Crippen LogP) is 2.96. The van der Waals surface area contributed by atoms with Gasteiger partial charge in [-0.05, 0) is 38.2 Å². The standard InChI is InChI=1S/C25H33N5O3/c1-2-21(20-9-3-4-10-22(20)33-18-24(31)29-13-5-6-14-29)28-25(32)19-8-7-15-30(17-19)23-16-26-11-12-27-23/h3-4,9-12,16,19,21H,2,5-8,13-15,17-18H2,1H3,(H,28,32). The first-order valence-electron chi connectivity index (χ1n) is 12.0. The summed E-state index contributed by atoms with van der Waals surface area (Å²) in [5, 5.41) is 3.23. The van der Waals surface area contributed by atoms with Gasteiger partial charge in [-0.2, -0.15) is 0 Å². The molecule has 1 N–H and O–H groups in total. The van der Waals surface area contributed by atoms with Gasteiger partial charge in [0, 0.05) is 44.1 Å². The number of carbonyl (C=O) groups is 2. The summed E-state index contributed by atoms with van der Waals surface area (Å²) in [6, 6.07) is 7.50. The molecule has 1 aromatic carbocycles. The van der Waals surface area contributed by atoms with E-state index >= 15 is 0 Å². The molecule has 8 heteroatoms. The van der Waals surface area contributed by atoms with Crippen LogP contribution in [0.3, 0.4) is 0 Å². The van der Waals surface area contributed by atoms with Crippen LogP contribution in [0.15, 0.2) is 42.9 Å². The van der Waals surface area contributed by atoms with Crippen LogP contribution in [0.1, 0.15) is 50.6 Å². The average Bonchev–Trinajstić information content (AvgIpc) is 3.42. The van der Waals surface area contributed by atoms with Gasteiger partial charge < -0.3 is 19.9 Å². The normalized spacial score (nSPS) is 19.2. The average molecular weight is 452 g/mol. The molecule has 2 fully saturated rings. The number of hydrogen-bond acceptors (Lipinski definition) is 6. The minimum absolute atomic E-state index is 0.0192. The molecule has 2 aliphatic heterocycles. The van der Waals surface area contributed by atoms with E-state index in [1.165, 1.54) is 0 Å². The summed E-state index contributed by atoms with van der Waals surface area (Å²) in [4.78, 5) is 38.1. The van der Waals surface area contributed by atoms with E-state index in [4.69, 9.17) is 4.74 Å². The van der Waals surface area contributed by atoms with Crippen molar-refractivity contribution in [2.75, 3.05) is 37.7 Å². The van der Waals surface area contributed by atoms with Crippen LogP contribution in [0.25, 0.3) is 0 Å². The maximum absolute atomic E-state index is 13.2. The third-order valence-corrected chi connectivity index (χ3v) is 6.49. The van der Waals surface area contributed by atoms with Crippen molar-refractivity contribution in [2.24, 2.45) is 5.92 Å². The van der Waals surface area contributed by atoms with Gasteiger partial charge in [0.15, 0.2) is 6.61 Å². The van der Waals surface area contributed by atoms with E-state index in [0.29, 0.717) is 12.3 Å². The van der Waals surface area contributed by atoms with Gasteiger partial charge in [0.05, 0.1) is 18.2 Å². The van der Waals surface area contributed by atoms with Gasteiger partial charge in [0.25, 0.3) is 5.91 Å². The fourth-order valence-corrected chi connectivity index (χ4v) is 4.64. The van der Waals surface area contributed by atoms with Crippen LogP contribution in [0, 0.1) is 5.92 Å². The lowest BCUT2D eigenvalue weighted by Crippen LogP contribution is -2.44. The first-order chi connectivity index (χ1) is 16.2. The van der Waals surface area contributed by atoms with Crippen LogP contribution in [-0.2, 0) is 9.59 Å². The summed E-state index contributed by atoms with van der Waals surface area (Å²) < 4.78 is 5.93. The number of benzene rings is 1. The SMILES string of the molecule is CCC(NC(=O)C1CCCN(c2cnccn2)C1)c1ccccc1OCC(=O)N1CCCC1. The van der Waals surface area contributed by atoms with Crippen molar-refractivity contribution in [3.8, 4) is 5.75 Å². The Morgan fingerprint density at radius 1 is 1.15 bits per heavy atom. The number of likely N-dealkylation sites (tertiary alicyclic amines) is 1. The molecule has 2 aliphatic rings. The Labute approximate surface area is 195 Å². The lowest BCUT2D eigenvalue weighted by atomic mass is 9.95. The number of ether oxygens (including phenoxy) is 1. The van der Waals surface area contributed by atoms with Gasteiger partial charge >= 0.3 is 0 Å². The monoisotopic (exact) mass is 451 g/mol. The number of hydrogen-bond donors (Lipinski definition) is 1. The molecule has 1 aromatic heterocycles. The minimum atomic E-state index is -0.178. The molecule has 3 heterocycles. The van der Waals surface area contributed by atoms with E-state index < -0.39 is 0 Å². The number of anilines is 1. The zero-order valence-corrected chi connectivity index (χ0v) is 19.3. The molecule has 0 spiro atoms. The number of rotatable bonds is 8. The van der Waals surface area contributed by atoms with Gasteiger partial charge in [-0.15, -0.1) is 0 Å². The summed E-state index contributed by atoms with van der Waals surface area (Å²) in [6.07, 6.45) is 9.70. The number of aromatic nitrogens is 2. The number of amides is 2. The van der Waals surface area contributed by atoms with E-state index in [1.54, 1.807) is 18.6 Å².